The van der Waals surface area contributed by atoms with Gasteiger partial charge in [-0.1, -0.05) is 17.3 Å². The molecule has 148 valence electrons. The average Bonchev–Trinajstić information content (AvgIpc) is 3.13. The molecule has 0 saturated carbocycles. The Hall–Kier alpha value is -2.67. The summed E-state index contributed by atoms with van der Waals surface area (Å²) < 4.78 is 5.47. The van der Waals surface area contributed by atoms with Crippen molar-refractivity contribution in [1.82, 2.24) is 15.0 Å². The smallest absolute Gasteiger partial charge is 0.272 e. The molecule has 0 atom stereocenters. The van der Waals surface area contributed by atoms with Crippen molar-refractivity contribution < 1.29 is 9.32 Å². The van der Waals surface area contributed by atoms with Crippen LogP contribution in [0.4, 0.5) is 0 Å². The van der Waals surface area contributed by atoms with E-state index < -0.39 is 0 Å². The molecule has 1 saturated heterocycles. The van der Waals surface area contributed by atoms with E-state index in [9.17, 15) is 4.79 Å². The Balaban J connectivity index is 1.30. The lowest BCUT2D eigenvalue weighted by Gasteiger charge is -2.33. The molecule has 28 heavy (non-hydrogen) atoms. The Kier molecular flexibility index (Phi) is 5.43. The van der Waals surface area contributed by atoms with Gasteiger partial charge >= 0.3 is 0 Å². The number of likely N-dealkylation sites (tertiary alicyclic amines) is 1. The molecule has 4 rings (SSSR count). The predicted molar refractivity (Wildman–Crippen MR) is 109 cm³/mol. The van der Waals surface area contributed by atoms with E-state index >= 15 is 0 Å². The lowest BCUT2D eigenvalue weighted by Crippen LogP contribution is -2.46. The van der Waals surface area contributed by atoms with Crippen molar-refractivity contribution in [2.45, 2.75) is 25.7 Å². The van der Waals surface area contributed by atoms with Crippen LogP contribution < -0.4 is 5.73 Å². The van der Waals surface area contributed by atoms with Crippen molar-refractivity contribution in [2.24, 2.45) is 10.7 Å². The van der Waals surface area contributed by atoms with E-state index in [1.54, 1.807) is 13.0 Å². The molecule has 2 aliphatic rings. The monoisotopic (exact) mass is 381 g/mol. The summed E-state index contributed by atoms with van der Waals surface area (Å²) in [4.78, 5) is 21.1. The average molecular weight is 381 g/mol. The summed E-state index contributed by atoms with van der Waals surface area (Å²) in [5.74, 6) is 0.424. The number of hydrogen-bond donors (Lipinski definition) is 1. The molecule has 3 heterocycles. The highest BCUT2D eigenvalue weighted by Gasteiger charge is 2.26. The Morgan fingerprint density at radius 3 is 2.82 bits per heavy atom. The van der Waals surface area contributed by atoms with Crippen LogP contribution in [-0.4, -0.2) is 65.8 Å². The Bertz CT molecular complexity index is 904. The maximum atomic E-state index is 12.5. The third kappa shape index (κ3) is 3.94. The molecule has 0 spiro atoms. The molecule has 1 amide bonds. The van der Waals surface area contributed by atoms with Gasteiger partial charge in [0.05, 0.1) is 12.2 Å². The van der Waals surface area contributed by atoms with Crippen LogP contribution in [0, 0.1) is 0 Å². The topological polar surface area (TPSA) is 88.0 Å². The predicted octanol–water partition coefficient (Wildman–Crippen LogP) is 2.15. The van der Waals surface area contributed by atoms with E-state index in [0.29, 0.717) is 30.4 Å². The van der Waals surface area contributed by atoms with Gasteiger partial charge in [0.2, 0.25) is 0 Å². The van der Waals surface area contributed by atoms with Crippen LogP contribution >= 0.6 is 0 Å². The zero-order valence-electron chi connectivity index (χ0n) is 16.3. The fourth-order valence-electron chi connectivity index (χ4n) is 4.05. The van der Waals surface area contributed by atoms with Gasteiger partial charge in [-0.25, -0.2) is 0 Å². The zero-order valence-corrected chi connectivity index (χ0v) is 16.3. The molecule has 2 aliphatic heterocycles. The summed E-state index contributed by atoms with van der Waals surface area (Å²) >= 11 is 0. The zero-order chi connectivity index (χ0) is 19.5. The van der Waals surface area contributed by atoms with Gasteiger partial charge < -0.3 is 20.1 Å². The van der Waals surface area contributed by atoms with Crippen molar-refractivity contribution in [1.29, 1.82) is 0 Å². The molecular weight excluding hydrogens is 354 g/mol. The molecule has 1 aromatic heterocycles. The van der Waals surface area contributed by atoms with E-state index in [-0.39, 0.29) is 5.91 Å². The largest absolute Gasteiger partial charge is 0.402 e. The number of aromatic nitrogens is 1. The Morgan fingerprint density at radius 1 is 1.25 bits per heavy atom. The number of allylic oxidation sites excluding steroid dienone is 1. The third-order valence-electron chi connectivity index (χ3n) is 5.59. The molecule has 1 aromatic carbocycles. The van der Waals surface area contributed by atoms with Gasteiger partial charge in [-0.05, 0) is 51.1 Å². The number of aliphatic imine (C=N–C) groups is 1. The second kappa shape index (κ2) is 8.14. The summed E-state index contributed by atoms with van der Waals surface area (Å²) in [6, 6.07) is 8.07. The van der Waals surface area contributed by atoms with Crippen LogP contribution in [0.3, 0.4) is 0 Å². The summed E-state index contributed by atoms with van der Waals surface area (Å²) in [6.45, 7) is 6.74. The number of nitrogens with zero attached hydrogens (tertiary/aromatic N) is 4. The number of carbonyl (C=O) groups is 1. The Morgan fingerprint density at radius 2 is 2.04 bits per heavy atom. The van der Waals surface area contributed by atoms with Crippen molar-refractivity contribution in [3.05, 3.63) is 41.7 Å². The summed E-state index contributed by atoms with van der Waals surface area (Å²) in [5, 5.41) is 5.46. The van der Waals surface area contributed by atoms with E-state index in [1.807, 2.05) is 23.1 Å². The summed E-state index contributed by atoms with van der Waals surface area (Å²) in [7, 11) is 0. The molecule has 0 unspecified atom stereocenters. The van der Waals surface area contributed by atoms with Crippen LogP contribution in [0.2, 0.25) is 0 Å². The summed E-state index contributed by atoms with van der Waals surface area (Å²) in [5.41, 5.74) is 8.73. The fraction of sp³-hybridized carbons (Fsp3) is 0.476. The van der Waals surface area contributed by atoms with Gasteiger partial charge in [-0.3, -0.25) is 9.79 Å². The molecule has 1 fully saturated rings. The quantitative estimate of drug-likeness (QED) is 0.857. The maximum Gasteiger partial charge on any atom is 0.272 e. The first-order chi connectivity index (χ1) is 13.6. The number of para-hydroxylation sites is 1. The van der Waals surface area contributed by atoms with Crippen molar-refractivity contribution >= 4 is 22.6 Å². The van der Waals surface area contributed by atoms with Gasteiger partial charge in [0, 0.05) is 36.6 Å². The highest BCUT2D eigenvalue weighted by molar-refractivity contribution is 6.43. The highest BCUT2D eigenvalue weighted by Crippen LogP contribution is 2.32. The van der Waals surface area contributed by atoms with Gasteiger partial charge in [-0.15, -0.1) is 0 Å². The molecule has 7 nitrogen and oxygen atoms in total. The minimum Gasteiger partial charge on any atom is -0.402 e. The van der Waals surface area contributed by atoms with Crippen molar-refractivity contribution in [2.75, 3.05) is 39.3 Å². The van der Waals surface area contributed by atoms with Gasteiger partial charge in [0.1, 0.15) is 5.71 Å². The first-order valence-corrected chi connectivity index (χ1v) is 9.96. The second-order valence-corrected chi connectivity index (χ2v) is 7.63. The molecule has 0 radical (unpaired) electrons. The van der Waals surface area contributed by atoms with E-state index in [4.69, 9.17) is 10.3 Å². The normalized spacial score (nSPS) is 20.0. The third-order valence-corrected chi connectivity index (χ3v) is 5.59. The lowest BCUT2D eigenvalue weighted by molar-refractivity contribution is -0.124. The van der Waals surface area contributed by atoms with Crippen LogP contribution in [0.5, 0.6) is 0 Å². The molecular formula is C21H27N5O2. The minimum absolute atomic E-state index is 0.0139. The van der Waals surface area contributed by atoms with Gasteiger partial charge in [0.25, 0.3) is 5.91 Å². The van der Waals surface area contributed by atoms with Gasteiger partial charge in [0.15, 0.2) is 5.58 Å². The number of amides is 1. The summed E-state index contributed by atoms with van der Waals surface area (Å²) in [6.07, 6.45) is 3.79. The van der Waals surface area contributed by atoms with Crippen LogP contribution in [0.25, 0.3) is 11.0 Å². The lowest BCUT2D eigenvalue weighted by atomic mass is 9.91. The highest BCUT2D eigenvalue weighted by atomic mass is 16.5. The second-order valence-electron chi connectivity index (χ2n) is 7.63. The number of piperidine rings is 1. The van der Waals surface area contributed by atoms with E-state index in [0.717, 1.165) is 55.7 Å². The van der Waals surface area contributed by atoms with Crippen LogP contribution in [-0.2, 0) is 4.79 Å². The first-order valence-electron chi connectivity index (χ1n) is 9.96. The van der Waals surface area contributed by atoms with E-state index in [2.05, 4.69) is 21.1 Å². The van der Waals surface area contributed by atoms with Crippen LogP contribution in [0.1, 0.15) is 31.4 Å². The number of benzene rings is 1. The first kappa shape index (κ1) is 18.7. The van der Waals surface area contributed by atoms with Crippen molar-refractivity contribution in [3.8, 4) is 0 Å². The molecule has 2 aromatic rings. The number of fused-ring (bicyclic) bond motifs is 1. The minimum atomic E-state index is -0.0139. The van der Waals surface area contributed by atoms with Crippen molar-refractivity contribution in [3.63, 3.8) is 0 Å². The molecule has 2 N–H and O–H groups in total. The van der Waals surface area contributed by atoms with Crippen LogP contribution in [0.15, 0.2) is 45.6 Å². The molecule has 7 heteroatoms. The standard InChI is InChI=1S/C21H27N5O2/c1-15(22)14-18-21(27)26(11-8-23-18)13-12-25-9-6-16(7-10-25)20-17-4-2-3-5-19(17)28-24-20/h2-5,14,16H,6-13,22H2,1H3. The SMILES string of the molecule is CC(N)=CC1=NCCN(CCN2CCC(c3noc4ccccc34)CC2)C1=O. The number of nitrogens with two attached hydrogens (primary N) is 1. The Labute approximate surface area is 164 Å². The van der Waals surface area contributed by atoms with Gasteiger partial charge in [-0.2, -0.15) is 0 Å². The molecule has 0 bridgehead atoms. The number of carbonyl (C=O) groups excluding carboxylic acids is 1. The maximum absolute atomic E-state index is 12.5. The van der Waals surface area contributed by atoms with E-state index in [1.165, 1.54) is 0 Å². The fourth-order valence-corrected chi connectivity index (χ4v) is 4.05. The molecule has 0 aliphatic carbocycles. The number of hydrogen-bond acceptors (Lipinski definition) is 6. The number of rotatable bonds is 5.